The minimum atomic E-state index is -4.88. The van der Waals surface area contributed by atoms with Crippen LogP contribution in [0, 0.1) is 34.5 Å². The Morgan fingerprint density at radius 3 is 1.98 bits per heavy atom. The SMILES string of the molecule is CCCN1CC2C3CCC(C(=O)NC(c4ccc(OC(F)(F)F)cc4)c4ccc(OC(F)(F)F)cc4)[C@@]3(C)CCC2[C@@]2(C)CCC(=O)C=C12. The largest absolute Gasteiger partial charge is 0.573 e. The van der Waals surface area contributed by atoms with Crippen LogP contribution in [0.2, 0.25) is 0 Å². The number of allylic oxidation sites excluding steroid dienone is 2. The zero-order valence-electron chi connectivity index (χ0n) is 27.8. The number of halogens is 6. The summed E-state index contributed by atoms with van der Waals surface area (Å²) in [6.07, 6.45) is -2.23. The first-order chi connectivity index (χ1) is 23.0. The van der Waals surface area contributed by atoms with E-state index < -0.39 is 30.3 Å². The van der Waals surface area contributed by atoms with Crippen LogP contribution in [0.25, 0.3) is 0 Å². The summed E-state index contributed by atoms with van der Waals surface area (Å²) in [4.78, 5) is 29.2. The van der Waals surface area contributed by atoms with Crippen molar-refractivity contribution in [2.75, 3.05) is 13.1 Å². The topological polar surface area (TPSA) is 67.9 Å². The van der Waals surface area contributed by atoms with Gasteiger partial charge >= 0.3 is 12.7 Å². The standard InChI is InChI=1S/C37H42F6N2O4/c1-4-19-45-21-27-28-13-14-30(34(28,2)18-16-29(27)35(3)17-15-24(46)20-31(35)45)33(47)44-32(22-5-9-25(10-6-22)48-36(38,39)40)23-7-11-26(12-8-23)49-37(41,42)43/h5-12,20,27-30,32H,4,13-19,21H2,1-3H3,(H,44,47)/t27?,28?,29?,30?,34-,35+/m0/s1. The molecule has 6 rings (SSSR count). The third kappa shape index (κ3) is 7.01. The molecule has 6 atom stereocenters. The van der Waals surface area contributed by atoms with E-state index in [0.29, 0.717) is 35.8 Å². The number of carbonyl (C=O) groups is 2. The number of hydrogen-bond donors (Lipinski definition) is 1. The van der Waals surface area contributed by atoms with E-state index in [1.807, 2.05) is 6.08 Å². The second kappa shape index (κ2) is 12.9. The number of nitrogens with one attached hydrogen (secondary N) is 1. The number of benzene rings is 2. The van der Waals surface area contributed by atoms with Crippen LogP contribution >= 0.6 is 0 Å². The number of alkyl halides is 6. The number of nitrogens with zero attached hydrogens (tertiary/aromatic N) is 1. The van der Waals surface area contributed by atoms with Crippen LogP contribution in [0.15, 0.2) is 60.3 Å². The van der Waals surface area contributed by atoms with Crippen LogP contribution in [0.5, 0.6) is 11.5 Å². The van der Waals surface area contributed by atoms with Crippen LogP contribution in [0.1, 0.15) is 82.9 Å². The molecule has 1 heterocycles. The van der Waals surface area contributed by atoms with Crippen LogP contribution in [0.4, 0.5) is 26.3 Å². The minimum absolute atomic E-state index is 0.0945. The van der Waals surface area contributed by atoms with Crippen molar-refractivity contribution in [3.63, 3.8) is 0 Å². The van der Waals surface area contributed by atoms with Gasteiger partial charge < -0.3 is 19.7 Å². The predicted molar refractivity (Wildman–Crippen MR) is 169 cm³/mol. The molecule has 3 fully saturated rings. The number of ether oxygens (including phenoxy) is 2. The Morgan fingerprint density at radius 1 is 0.878 bits per heavy atom. The van der Waals surface area contributed by atoms with E-state index in [0.717, 1.165) is 69.5 Å². The number of hydrogen-bond acceptors (Lipinski definition) is 5. The van der Waals surface area contributed by atoms with E-state index in [9.17, 15) is 35.9 Å². The molecule has 2 aromatic carbocycles. The average molecular weight is 693 g/mol. The van der Waals surface area contributed by atoms with E-state index in [1.54, 1.807) is 0 Å². The zero-order valence-corrected chi connectivity index (χ0v) is 27.8. The highest BCUT2D eigenvalue weighted by Gasteiger charge is 2.61. The molecule has 49 heavy (non-hydrogen) atoms. The maximum atomic E-state index is 14.3. The molecule has 2 aromatic rings. The molecule has 1 N–H and O–H groups in total. The summed E-state index contributed by atoms with van der Waals surface area (Å²) in [5.41, 5.74) is 1.66. The van der Waals surface area contributed by atoms with Crippen molar-refractivity contribution >= 4 is 11.7 Å². The summed E-state index contributed by atoms with van der Waals surface area (Å²) in [5, 5.41) is 3.12. The highest BCUT2D eigenvalue weighted by molar-refractivity contribution is 5.91. The van der Waals surface area contributed by atoms with Gasteiger partial charge in [0.1, 0.15) is 11.5 Å². The lowest BCUT2D eigenvalue weighted by atomic mass is 9.49. The summed E-state index contributed by atoms with van der Waals surface area (Å²) in [6, 6.07) is 9.34. The molecule has 0 bridgehead atoms. The molecule has 6 nitrogen and oxygen atoms in total. The molecule has 2 saturated carbocycles. The first-order valence-corrected chi connectivity index (χ1v) is 17.0. The Hall–Kier alpha value is -3.70. The molecule has 266 valence electrons. The van der Waals surface area contributed by atoms with Crippen LogP contribution in [-0.2, 0) is 9.59 Å². The second-order valence-electron chi connectivity index (χ2n) is 14.6. The van der Waals surface area contributed by atoms with Crippen molar-refractivity contribution in [3.05, 3.63) is 71.4 Å². The summed E-state index contributed by atoms with van der Waals surface area (Å²) < 4.78 is 85.0. The van der Waals surface area contributed by atoms with Crippen molar-refractivity contribution < 1.29 is 45.4 Å². The van der Waals surface area contributed by atoms with E-state index in [2.05, 4.69) is 40.5 Å². The molecule has 1 amide bonds. The molecule has 1 saturated heterocycles. The fraction of sp³-hybridized carbons (Fsp3) is 0.568. The van der Waals surface area contributed by atoms with Crippen molar-refractivity contribution in [1.29, 1.82) is 0 Å². The maximum Gasteiger partial charge on any atom is 0.573 e. The van der Waals surface area contributed by atoms with E-state index in [-0.39, 0.29) is 34.4 Å². The van der Waals surface area contributed by atoms with Gasteiger partial charge in [0.25, 0.3) is 0 Å². The number of likely N-dealkylation sites (tertiary alicyclic amines) is 1. The van der Waals surface area contributed by atoms with Gasteiger partial charge in [-0.2, -0.15) is 0 Å². The summed E-state index contributed by atoms with van der Waals surface area (Å²) in [5.74, 6) is -0.166. The van der Waals surface area contributed by atoms with Crippen LogP contribution in [-0.4, -0.2) is 42.4 Å². The molecule has 1 aliphatic heterocycles. The second-order valence-corrected chi connectivity index (χ2v) is 14.6. The normalized spacial score (nSPS) is 29.9. The molecule has 4 aliphatic rings. The monoisotopic (exact) mass is 692 g/mol. The van der Waals surface area contributed by atoms with Crippen molar-refractivity contribution in [3.8, 4) is 11.5 Å². The smallest absolute Gasteiger partial charge is 0.406 e. The molecule has 12 heteroatoms. The molecule has 4 unspecified atom stereocenters. The number of carbonyl (C=O) groups excluding carboxylic acids is 2. The Morgan fingerprint density at radius 2 is 1.45 bits per heavy atom. The lowest BCUT2D eigenvalue weighted by Crippen LogP contribution is -2.58. The zero-order chi connectivity index (χ0) is 35.4. The van der Waals surface area contributed by atoms with Gasteiger partial charge in [-0.1, -0.05) is 45.0 Å². The Bertz CT molecular complexity index is 1510. The molecule has 0 aromatic heterocycles. The Balaban J connectivity index is 1.26. The highest BCUT2D eigenvalue weighted by Crippen LogP contribution is 2.65. The van der Waals surface area contributed by atoms with Crippen molar-refractivity contribution in [2.24, 2.45) is 34.5 Å². The number of ketones is 1. The fourth-order valence-corrected chi connectivity index (χ4v) is 9.65. The number of amides is 1. The van der Waals surface area contributed by atoms with Gasteiger partial charge in [-0.05, 0) is 97.1 Å². The summed E-state index contributed by atoms with van der Waals surface area (Å²) in [7, 11) is 0. The van der Waals surface area contributed by atoms with Crippen LogP contribution in [0.3, 0.4) is 0 Å². The summed E-state index contributed by atoms with van der Waals surface area (Å²) >= 11 is 0. The maximum absolute atomic E-state index is 14.3. The van der Waals surface area contributed by atoms with Gasteiger partial charge in [0.2, 0.25) is 5.91 Å². The van der Waals surface area contributed by atoms with E-state index in [1.165, 1.54) is 30.0 Å². The predicted octanol–water partition coefficient (Wildman–Crippen LogP) is 8.73. The van der Waals surface area contributed by atoms with Gasteiger partial charge in [-0.25, -0.2) is 0 Å². The van der Waals surface area contributed by atoms with Gasteiger partial charge in [-0.3, -0.25) is 9.59 Å². The first kappa shape index (κ1) is 35.1. The van der Waals surface area contributed by atoms with Gasteiger partial charge in [0.05, 0.1) is 6.04 Å². The Labute approximate surface area is 282 Å². The number of piperidine rings is 1. The van der Waals surface area contributed by atoms with Gasteiger partial charge in [-0.15, -0.1) is 26.3 Å². The van der Waals surface area contributed by atoms with E-state index in [4.69, 9.17) is 0 Å². The third-order valence-corrected chi connectivity index (χ3v) is 11.8. The average Bonchev–Trinajstić information content (AvgIpc) is 3.38. The molecule has 3 aliphatic carbocycles. The fourth-order valence-electron chi connectivity index (χ4n) is 9.65. The lowest BCUT2D eigenvalue weighted by Gasteiger charge is -2.60. The number of rotatable bonds is 8. The minimum Gasteiger partial charge on any atom is -0.406 e. The van der Waals surface area contributed by atoms with Crippen molar-refractivity contribution in [2.45, 2.75) is 84.5 Å². The highest BCUT2D eigenvalue weighted by atomic mass is 19.4. The quantitative estimate of drug-likeness (QED) is 0.281. The van der Waals surface area contributed by atoms with Gasteiger partial charge in [0, 0.05) is 42.6 Å². The molecule has 0 spiro atoms. The lowest BCUT2D eigenvalue weighted by molar-refractivity contribution is -0.275. The van der Waals surface area contributed by atoms with Crippen LogP contribution < -0.4 is 14.8 Å². The molecular weight excluding hydrogens is 650 g/mol. The van der Waals surface area contributed by atoms with Crippen molar-refractivity contribution in [1.82, 2.24) is 10.2 Å². The Kier molecular flexibility index (Phi) is 9.24. The van der Waals surface area contributed by atoms with E-state index >= 15 is 0 Å². The third-order valence-electron chi connectivity index (χ3n) is 11.8. The molecule has 0 radical (unpaired) electrons. The van der Waals surface area contributed by atoms with Gasteiger partial charge in [0.15, 0.2) is 5.78 Å². The number of fused-ring (bicyclic) bond motifs is 5. The first-order valence-electron chi connectivity index (χ1n) is 17.0. The molecular formula is C37H42F6N2O4. The summed E-state index contributed by atoms with van der Waals surface area (Å²) in [6.45, 7) is 8.37.